The molecule has 44 heavy (non-hydrogen) atoms. The van der Waals surface area contributed by atoms with Gasteiger partial charge in [-0.3, -0.25) is 14.5 Å². The van der Waals surface area contributed by atoms with E-state index in [1.54, 1.807) is 73.1 Å². The summed E-state index contributed by atoms with van der Waals surface area (Å²) in [5.74, 6) is -0.0574. The number of amides is 1. The number of aliphatic hydroxyl groups excluding tert-OH is 2. The summed E-state index contributed by atoms with van der Waals surface area (Å²) in [6, 6.07) is 19.0. The summed E-state index contributed by atoms with van der Waals surface area (Å²) in [6.07, 6.45) is 1.69. The van der Waals surface area contributed by atoms with E-state index in [4.69, 9.17) is 15.2 Å². The fourth-order valence-electron chi connectivity index (χ4n) is 5.36. The number of benzene rings is 3. The molecule has 2 atom stereocenters. The van der Waals surface area contributed by atoms with Crippen molar-refractivity contribution in [2.24, 2.45) is 5.73 Å². The van der Waals surface area contributed by atoms with Crippen molar-refractivity contribution >= 4 is 33.4 Å². The third kappa shape index (κ3) is 5.93. The summed E-state index contributed by atoms with van der Waals surface area (Å²) in [7, 11) is 0. The van der Waals surface area contributed by atoms with Gasteiger partial charge in [0.25, 0.3) is 5.91 Å². The smallest absolute Gasteiger partial charge is 0.252 e. The third-order valence-corrected chi connectivity index (χ3v) is 7.61. The molecule has 12 nitrogen and oxygen atoms in total. The van der Waals surface area contributed by atoms with Crippen LogP contribution in [-0.4, -0.2) is 80.0 Å². The predicted octanol–water partition coefficient (Wildman–Crippen LogP) is 2.65. The van der Waals surface area contributed by atoms with Crippen molar-refractivity contribution in [3.8, 4) is 23.4 Å². The average molecular weight is 593 g/mol. The van der Waals surface area contributed by atoms with Gasteiger partial charge < -0.3 is 30.0 Å². The zero-order valence-electron chi connectivity index (χ0n) is 23.5. The van der Waals surface area contributed by atoms with Crippen molar-refractivity contribution in [1.29, 1.82) is 5.26 Å². The minimum atomic E-state index is -0.800. The molecule has 1 aliphatic heterocycles. The number of aliphatic hydroxyl groups is 2. The van der Waals surface area contributed by atoms with Crippen molar-refractivity contribution in [3.05, 3.63) is 89.7 Å². The molecule has 1 aliphatic rings. The second kappa shape index (κ2) is 12.1. The molecule has 1 saturated heterocycles. The van der Waals surface area contributed by atoms with Gasteiger partial charge in [0.1, 0.15) is 11.5 Å². The number of hydrogen-bond acceptors (Lipinski definition) is 10. The molecular formula is C32H28N6O6. The van der Waals surface area contributed by atoms with Gasteiger partial charge in [-0.1, -0.05) is 6.07 Å². The number of nitrogens with zero attached hydrogens (tertiary/aromatic N) is 5. The number of ketones is 1. The number of carbonyl (C=O) groups excluding carboxylic acids is 2. The Bertz CT molecular complexity index is 1910. The van der Waals surface area contributed by atoms with Crippen LogP contribution in [0.1, 0.15) is 26.3 Å². The maximum atomic E-state index is 13.6. The standard InChI is InChI=1S/C32H28N6O6/c33-14-19-3-4-20-12-30(24(32(34)42)11-21(20)10-19)43-18-29(41)25-15-38(9-8-37-16-27(39)28(40)17-37)26-13-22(5-6-23(25)26)44-31-2-1-7-35-36-31/h1-7,10-13,15,27-28,39-40H,8-9,16-18H2,(H2,34,42)/t27-,28-/m1/s1. The van der Waals surface area contributed by atoms with Gasteiger partial charge in [0.15, 0.2) is 6.61 Å². The topological polar surface area (TPSA) is 177 Å². The van der Waals surface area contributed by atoms with Gasteiger partial charge in [0.05, 0.1) is 34.9 Å². The molecule has 4 N–H and O–H groups in total. The van der Waals surface area contributed by atoms with Crippen LogP contribution in [0.4, 0.5) is 0 Å². The number of β-amino-alcohol motifs (C(OH)–C–C–N with tert-alkyl or cyclic N) is 2. The van der Waals surface area contributed by atoms with E-state index in [-0.39, 0.29) is 23.7 Å². The Morgan fingerprint density at radius 3 is 2.55 bits per heavy atom. The summed E-state index contributed by atoms with van der Waals surface area (Å²) in [5, 5.41) is 39.0. The first-order valence-corrected chi connectivity index (χ1v) is 13.9. The first-order valence-electron chi connectivity index (χ1n) is 13.9. The number of Topliss-reactive ketones (excluding diaryl/α,β-unsaturated/α-hetero) is 1. The normalized spacial score (nSPS) is 16.7. The van der Waals surface area contributed by atoms with E-state index in [1.807, 2.05) is 9.47 Å². The van der Waals surface area contributed by atoms with Crippen molar-refractivity contribution in [2.75, 3.05) is 26.2 Å². The summed E-state index contributed by atoms with van der Waals surface area (Å²) < 4.78 is 13.7. The van der Waals surface area contributed by atoms with Crippen LogP contribution in [0.3, 0.4) is 0 Å². The Morgan fingerprint density at radius 1 is 1.00 bits per heavy atom. The minimum Gasteiger partial charge on any atom is -0.485 e. The fraction of sp³-hybridized carbons (Fsp3) is 0.219. The van der Waals surface area contributed by atoms with E-state index < -0.39 is 18.1 Å². The molecule has 6 rings (SSSR count). The monoisotopic (exact) mass is 592 g/mol. The molecule has 0 spiro atoms. The van der Waals surface area contributed by atoms with Crippen LogP contribution < -0.4 is 15.2 Å². The number of primary amides is 1. The highest BCUT2D eigenvalue weighted by Crippen LogP contribution is 2.30. The molecular weight excluding hydrogens is 564 g/mol. The van der Waals surface area contributed by atoms with Crippen molar-refractivity contribution in [3.63, 3.8) is 0 Å². The minimum absolute atomic E-state index is 0.101. The van der Waals surface area contributed by atoms with E-state index in [0.717, 1.165) is 10.9 Å². The molecule has 0 saturated carbocycles. The molecule has 0 aliphatic carbocycles. The number of carbonyl (C=O) groups is 2. The van der Waals surface area contributed by atoms with Crippen molar-refractivity contribution in [1.82, 2.24) is 19.7 Å². The van der Waals surface area contributed by atoms with Crippen molar-refractivity contribution in [2.45, 2.75) is 18.8 Å². The Morgan fingerprint density at radius 2 is 1.82 bits per heavy atom. The largest absolute Gasteiger partial charge is 0.485 e. The van der Waals surface area contributed by atoms with Gasteiger partial charge in [0, 0.05) is 61.7 Å². The SMILES string of the molecule is N#Cc1ccc2cc(OCC(=O)c3cn(CCN4C[C@@H](O)[C@H](O)C4)c4cc(Oc5cccnn5)ccc34)c(C(N)=O)cc2c1. The lowest BCUT2D eigenvalue weighted by Gasteiger charge is -2.15. The molecule has 3 heterocycles. The van der Waals surface area contributed by atoms with E-state index in [9.17, 15) is 25.1 Å². The van der Waals surface area contributed by atoms with Crippen LogP contribution in [0.15, 0.2) is 73.1 Å². The maximum Gasteiger partial charge on any atom is 0.252 e. The third-order valence-electron chi connectivity index (χ3n) is 7.61. The van der Waals surface area contributed by atoms with Gasteiger partial charge in [-0.05, 0) is 53.2 Å². The first-order chi connectivity index (χ1) is 21.3. The van der Waals surface area contributed by atoms with Gasteiger partial charge >= 0.3 is 0 Å². The summed E-state index contributed by atoms with van der Waals surface area (Å²) in [6.45, 7) is 1.35. The second-order valence-corrected chi connectivity index (χ2v) is 10.6. The predicted molar refractivity (Wildman–Crippen MR) is 160 cm³/mol. The van der Waals surface area contributed by atoms with E-state index in [1.165, 1.54) is 0 Å². The van der Waals surface area contributed by atoms with E-state index in [2.05, 4.69) is 16.3 Å². The summed E-state index contributed by atoms with van der Waals surface area (Å²) in [4.78, 5) is 27.8. The Kier molecular flexibility index (Phi) is 7.91. The molecule has 0 unspecified atom stereocenters. The fourth-order valence-corrected chi connectivity index (χ4v) is 5.36. The summed E-state index contributed by atoms with van der Waals surface area (Å²) in [5.41, 5.74) is 7.29. The molecule has 0 bridgehead atoms. The highest BCUT2D eigenvalue weighted by atomic mass is 16.5. The average Bonchev–Trinajstić information content (AvgIpc) is 3.56. The number of ether oxygens (including phenoxy) is 2. The quantitative estimate of drug-likeness (QED) is 0.204. The molecule has 1 fully saturated rings. The van der Waals surface area contributed by atoms with Crippen LogP contribution in [0.25, 0.3) is 21.7 Å². The molecule has 1 amide bonds. The Balaban J connectivity index is 1.28. The molecule has 2 aromatic heterocycles. The lowest BCUT2D eigenvalue weighted by Crippen LogP contribution is -2.26. The zero-order chi connectivity index (χ0) is 30.8. The van der Waals surface area contributed by atoms with Gasteiger partial charge in [-0.15, -0.1) is 5.10 Å². The number of nitriles is 1. The number of fused-ring (bicyclic) bond motifs is 2. The second-order valence-electron chi connectivity index (χ2n) is 10.6. The van der Waals surface area contributed by atoms with Gasteiger partial charge in [-0.2, -0.15) is 10.4 Å². The van der Waals surface area contributed by atoms with Crippen LogP contribution in [-0.2, 0) is 6.54 Å². The molecule has 3 aromatic carbocycles. The van der Waals surface area contributed by atoms with Crippen LogP contribution in [0, 0.1) is 11.3 Å². The number of rotatable bonds is 10. The molecule has 222 valence electrons. The first kappa shape index (κ1) is 28.8. The van der Waals surface area contributed by atoms with Crippen molar-refractivity contribution < 1.29 is 29.3 Å². The van der Waals surface area contributed by atoms with E-state index in [0.29, 0.717) is 59.7 Å². The van der Waals surface area contributed by atoms with Crippen LogP contribution in [0.2, 0.25) is 0 Å². The molecule has 0 radical (unpaired) electrons. The van der Waals surface area contributed by atoms with Gasteiger partial charge in [-0.25, -0.2) is 0 Å². The highest BCUT2D eigenvalue weighted by Gasteiger charge is 2.29. The Labute approximate surface area is 251 Å². The zero-order valence-corrected chi connectivity index (χ0v) is 23.5. The van der Waals surface area contributed by atoms with Crippen LogP contribution >= 0.6 is 0 Å². The number of aromatic nitrogens is 3. The maximum absolute atomic E-state index is 13.6. The lowest BCUT2D eigenvalue weighted by molar-refractivity contribution is 0.0572. The number of likely N-dealkylation sites (tertiary alicyclic amines) is 1. The molecule has 5 aromatic rings. The number of hydrogen-bond donors (Lipinski definition) is 3. The number of nitrogens with two attached hydrogens (primary N) is 1. The van der Waals surface area contributed by atoms with E-state index >= 15 is 0 Å². The Hall–Kier alpha value is -5.35. The van der Waals surface area contributed by atoms with Crippen LogP contribution in [0.5, 0.6) is 17.4 Å². The highest BCUT2D eigenvalue weighted by molar-refractivity contribution is 6.09. The lowest BCUT2D eigenvalue weighted by atomic mass is 10.0. The summed E-state index contributed by atoms with van der Waals surface area (Å²) >= 11 is 0. The van der Waals surface area contributed by atoms with Gasteiger partial charge in [0.2, 0.25) is 11.7 Å². The molecule has 12 heteroatoms.